The van der Waals surface area contributed by atoms with Crippen LogP contribution in [0.2, 0.25) is 0 Å². The fourth-order valence-electron chi connectivity index (χ4n) is 2.33. The highest BCUT2D eigenvalue weighted by molar-refractivity contribution is 5.83. The summed E-state index contributed by atoms with van der Waals surface area (Å²) in [6.07, 6.45) is 0.620. The molecule has 2 saturated heterocycles. The Morgan fingerprint density at radius 1 is 1.53 bits per heavy atom. The molecule has 2 aliphatic rings. The Bertz CT molecular complexity index is 270. The molecule has 2 fully saturated rings. The van der Waals surface area contributed by atoms with E-state index < -0.39 is 11.8 Å². The smallest absolute Gasteiger partial charge is 0.253 e. The maximum atomic E-state index is 13.2. The van der Waals surface area contributed by atoms with Crippen LogP contribution in [0.4, 0.5) is 8.78 Å². The van der Waals surface area contributed by atoms with Crippen molar-refractivity contribution in [3.05, 3.63) is 0 Å². The summed E-state index contributed by atoms with van der Waals surface area (Å²) < 4.78 is 26.5. The molecular weight excluding hydrogens is 202 g/mol. The van der Waals surface area contributed by atoms with Crippen LogP contribution in [0.5, 0.6) is 0 Å². The molecule has 2 heterocycles. The van der Waals surface area contributed by atoms with Crippen LogP contribution < -0.4 is 5.32 Å². The van der Waals surface area contributed by atoms with Crippen LogP contribution in [-0.2, 0) is 4.79 Å². The van der Waals surface area contributed by atoms with Crippen LogP contribution in [0.25, 0.3) is 0 Å². The van der Waals surface area contributed by atoms with E-state index in [-0.39, 0.29) is 18.4 Å². The van der Waals surface area contributed by atoms with Crippen molar-refractivity contribution in [1.29, 1.82) is 0 Å². The van der Waals surface area contributed by atoms with Crippen molar-refractivity contribution in [1.82, 2.24) is 10.2 Å². The number of nitrogens with one attached hydrogen (secondary N) is 1. The van der Waals surface area contributed by atoms with Gasteiger partial charge < -0.3 is 5.32 Å². The summed E-state index contributed by atoms with van der Waals surface area (Å²) in [5.41, 5.74) is 0. The van der Waals surface area contributed by atoms with Crippen molar-refractivity contribution >= 4 is 5.91 Å². The molecule has 0 aromatic carbocycles. The van der Waals surface area contributed by atoms with E-state index in [1.54, 1.807) is 6.92 Å². The second-order valence-electron chi connectivity index (χ2n) is 4.50. The fourth-order valence-corrected chi connectivity index (χ4v) is 2.33. The van der Waals surface area contributed by atoms with Gasteiger partial charge in [-0.2, -0.15) is 0 Å². The third-order valence-corrected chi connectivity index (χ3v) is 3.42. The normalized spacial score (nSPS) is 36.6. The van der Waals surface area contributed by atoms with E-state index in [0.29, 0.717) is 19.6 Å². The highest BCUT2D eigenvalue weighted by Gasteiger charge is 2.44. The van der Waals surface area contributed by atoms with Gasteiger partial charge in [0.1, 0.15) is 0 Å². The summed E-state index contributed by atoms with van der Waals surface area (Å²) in [6, 6.07) is -0.177. The number of piperidine rings is 1. The molecule has 2 rings (SSSR count). The van der Waals surface area contributed by atoms with Gasteiger partial charge in [-0.1, -0.05) is 6.92 Å². The second kappa shape index (κ2) is 3.70. The first-order chi connectivity index (χ1) is 7.00. The third-order valence-electron chi connectivity index (χ3n) is 3.42. The average Bonchev–Trinajstić information content (AvgIpc) is 2.57. The lowest BCUT2D eigenvalue weighted by Crippen LogP contribution is -2.51. The van der Waals surface area contributed by atoms with Crippen molar-refractivity contribution in [2.75, 3.05) is 19.6 Å². The molecule has 0 bridgehead atoms. The molecule has 0 saturated carbocycles. The SMILES string of the molecule is CC1CN(C2CCNC2=O)CCC1(F)F. The van der Waals surface area contributed by atoms with Crippen LogP contribution in [0.3, 0.4) is 0 Å². The van der Waals surface area contributed by atoms with Crippen molar-refractivity contribution in [3.63, 3.8) is 0 Å². The van der Waals surface area contributed by atoms with Gasteiger partial charge in [-0.25, -0.2) is 8.78 Å². The van der Waals surface area contributed by atoms with Gasteiger partial charge in [-0.15, -0.1) is 0 Å². The van der Waals surface area contributed by atoms with E-state index in [4.69, 9.17) is 0 Å². The summed E-state index contributed by atoms with van der Waals surface area (Å²) in [6.45, 7) is 2.88. The lowest BCUT2D eigenvalue weighted by atomic mass is 9.94. The number of amides is 1. The fraction of sp³-hybridized carbons (Fsp3) is 0.900. The molecule has 0 aliphatic carbocycles. The Morgan fingerprint density at radius 2 is 2.27 bits per heavy atom. The Kier molecular flexibility index (Phi) is 2.66. The average molecular weight is 218 g/mol. The quantitative estimate of drug-likeness (QED) is 0.707. The van der Waals surface area contributed by atoms with Crippen LogP contribution >= 0.6 is 0 Å². The van der Waals surface area contributed by atoms with Crippen LogP contribution in [0.1, 0.15) is 19.8 Å². The second-order valence-corrected chi connectivity index (χ2v) is 4.50. The molecule has 1 amide bonds. The van der Waals surface area contributed by atoms with Gasteiger partial charge in [0.15, 0.2) is 0 Å². The third kappa shape index (κ3) is 1.97. The highest BCUT2D eigenvalue weighted by atomic mass is 19.3. The number of hydrogen-bond donors (Lipinski definition) is 1. The maximum absolute atomic E-state index is 13.2. The maximum Gasteiger partial charge on any atom is 0.253 e. The first kappa shape index (κ1) is 10.8. The molecule has 0 spiro atoms. The van der Waals surface area contributed by atoms with Gasteiger partial charge in [-0.3, -0.25) is 9.69 Å². The summed E-state index contributed by atoms with van der Waals surface area (Å²) in [4.78, 5) is 13.3. The summed E-state index contributed by atoms with van der Waals surface area (Å²) in [5, 5.41) is 2.73. The lowest BCUT2D eigenvalue weighted by molar-refractivity contribution is -0.131. The molecule has 86 valence electrons. The van der Waals surface area contributed by atoms with Crippen LogP contribution in [0, 0.1) is 5.92 Å². The van der Waals surface area contributed by atoms with E-state index in [2.05, 4.69) is 5.32 Å². The number of carbonyl (C=O) groups is 1. The van der Waals surface area contributed by atoms with E-state index >= 15 is 0 Å². The minimum Gasteiger partial charge on any atom is -0.355 e. The Morgan fingerprint density at radius 3 is 2.80 bits per heavy atom. The number of rotatable bonds is 1. The molecule has 3 nitrogen and oxygen atoms in total. The predicted molar refractivity (Wildman–Crippen MR) is 51.7 cm³/mol. The zero-order valence-electron chi connectivity index (χ0n) is 8.80. The Labute approximate surface area is 87.8 Å². The van der Waals surface area contributed by atoms with Crippen molar-refractivity contribution in [3.8, 4) is 0 Å². The predicted octanol–water partition coefficient (Wildman–Crippen LogP) is 0.852. The van der Waals surface area contributed by atoms with Gasteiger partial charge in [0, 0.05) is 32.0 Å². The molecule has 0 aromatic rings. The number of carbonyl (C=O) groups excluding carboxylic acids is 1. The summed E-state index contributed by atoms with van der Waals surface area (Å²) >= 11 is 0. The van der Waals surface area contributed by atoms with E-state index in [1.807, 2.05) is 4.90 Å². The standard InChI is InChI=1S/C10H16F2N2O/c1-7-6-14(5-3-10(7,11)12)8-2-4-13-9(8)15/h7-8H,2-6H2,1H3,(H,13,15). The number of likely N-dealkylation sites (tertiary alicyclic amines) is 1. The van der Waals surface area contributed by atoms with Crippen molar-refractivity contribution in [2.45, 2.75) is 31.7 Å². The van der Waals surface area contributed by atoms with Crippen LogP contribution in [0.15, 0.2) is 0 Å². The van der Waals surface area contributed by atoms with E-state index in [1.165, 1.54) is 0 Å². The van der Waals surface area contributed by atoms with Gasteiger partial charge in [0.25, 0.3) is 5.92 Å². The number of hydrogen-bond acceptors (Lipinski definition) is 2. The van der Waals surface area contributed by atoms with Gasteiger partial charge in [0.2, 0.25) is 5.91 Å². The summed E-state index contributed by atoms with van der Waals surface area (Å²) in [7, 11) is 0. The number of nitrogens with zero attached hydrogens (tertiary/aromatic N) is 1. The summed E-state index contributed by atoms with van der Waals surface area (Å²) in [5.74, 6) is -3.22. The molecular formula is C10H16F2N2O. The molecule has 0 radical (unpaired) electrons. The largest absolute Gasteiger partial charge is 0.355 e. The van der Waals surface area contributed by atoms with Crippen molar-refractivity contribution < 1.29 is 13.6 Å². The first-order valence-corrected chi connectivity index (χ1v) is 5.40. The van der Waals surface area contributed by atoms with E-state index in [9.17, 15) is 13.6 Å². The van der Waals surface area contributed by atoms with Crippen LogP contribution in [-0.4, -0.2) is 42.4 Å². The van der Waals surface area contributed by atoms with E-state index in [0.717, 1.165) is 6.42 Å². The first-order valence-electron chi connectivity index (χ1n) is 5.40. The molecule has 2 atom stereocenters. The molecule has 15 heavy (non-hydrogen) atoms. The lowest BCUT2D eigenvalue weighted by Gasteiger charge is -2.38. The minimum absolute atomic E-state index is 0.00702. The van der Waals surface area contributed by atoms with Gasteiger partial charge >= 0.3 is 0 Å². The number of halogens is 2. The van der Waals surface area contributed by atoms with Crippen molar-refractivity contribution in [2.24, 2.45) is 5.92 Å². The van der Waals surface area contributed by atoms with Gasteiger partial charge in [-0.05, 0) is 6.42 Å². The number of alkyl halides is 2. The Hall–Kier alpha value is -0.710. The minimum atomic E-state index is -2.56. The topological polar surface area (TPSA) is 32.3 Å². The molecule has 1 N–H and O–H groups in total. The monoisotopic (exact) mass is 218 g/mol. The zero-order valence-corrected chi connectivity index (χ0v) is 8.80. The van der Waals surface area contributed by atoms with Gasteiger partial charge in [0.05, 0.1) is 6.04 Å². The Balaban J connectivity index is 1.99. The molecule has 2 unspecified atom stereocenters. The zero-order chi connectivity index (χ0) is 11.1. The highest BCUT2D eigenvalue weighted by Crippen LogP contribution is 2.34. The molecule has 5 heteroatoms. The molecule has 2 aliphatic heterocycles. The molecule has 0 aromatic heterocycles.